The number of rotatable bonds is 3. The lowest BCUT2D eigenvalue weighted by Crippen LogP contribution is -2.12. The summed E-state index contributed by atoms with van der Waals surface area (Å²) >= 11 is 0. The largest absolute Gasteiger partial charge is 0.438 e. The second-order valence-corrected chi connectivity index (χ2v) is 4.05. The molecule has 4 N–H and O–H groups in total. The minimum atomic E-state index is -0.563. The normalized spacial score (nSPS) is 10.2. The van der Waals surface area contributed by atoms with E-state index in [-0.39, 0.29) is 5.56 Å². The van der Waals surface area contributed by atoms with Crippen molar-refractivity contribution in [2.24, 2.45) is 5.73 Å². The Bertz CT molecular complexity index is 641. The van der Waals surface area contributed by atoms with E-state index in [2.05, 4.69) is 9.97 Å². The molecule has 0 radical (unpaired) electrons. The summed E-state index contributed by atoms with van der Waals surface area (Å²) in [7, 11) is 0. The Balaban J connectivity index is 2.45. The van der Waals surface area contributed by atoms with Crippen LogP contribution in [-0.2, 0) is 0 Å². The van der Waals surface area contributed by atoms with E-state index in [0.717, 1.165) is 0 Å². The minimum Gasteiger partial charge on any atom is -0.438 e. The van der Waals surface area contributed by atoms with E-state index in [4.69, 9.17) is 16.2 Å². The minimum absolute atomic E-state index is 0.289. The van der Waals surface area contributed by atoms with Crippen molar-refractivity contribution in [1.82, 2.24) is 9.97 Å². The first kappa shape index (κ1) is 12.8. The Morgan fingerprint density at radius 2 is 1.89 bits per heavy atom. The number of ether oxygens (including phenoxy) is 1. The van der Waals surface area contributed by atoms with Crippen LogP contribution in [0, 0.1) is 13.8 Å². The molecule has 0 saturated carbocycles. The van der Waals surface area contributed by atoms with E-state index in [1.165, 1.54) is 0 Å². The second-order valence-electron chi connectivity index (χ2n) is 4.05. The number of nitrogens with zero attached hydrogens (tertiary/aromatic N) is 2. The summed E-state index contributed by atoms with van der Waals surface area (Å²) in [5.74, 6) is 0.940. The maximum absolute atomic E-state index is 11.3. The lowest BCUT2D eigenvalue weighted by molar-refractivity contribution is 0.0998. The molecule has 1 aromatic heterocycles. The van der Waals surface area contributed by atoms with Gasteiger partial charge in [-0.2, -0.15) is 4.98 Å². The van der Waals surface area contributed by atoms with Gasteiger partial charge in [0.15, 0.2) is 0 Å². The van der Waals surface area contributed by atoms with Crippen molar-refractivity contribution < 1.29 is 9.53 Å². The Hall–Kier alpha value is -2.63. The molecule has 0 bridgehead atoms. The SMILES string of the molecule is Cc1nc(N)c(C)c(Oc2ccccc2C(N)=O)n1. The predicted molar refractivity (Wildman–Crippen MR) is 71.0 cm³/mol. The van der Waals surface area contributed by atoms with Gasteiger partial charge >= 0.3 is 0 Å². The molecule has 2 rings (SSSR count). The maximum Gasteiger partial charge on any atom is 0.252 e. The molecule has 2 aromatic rings. The lowest BCUT2D eigenvalue weighted by atomic mass is 10.2. The topological polar surface area (TPSA) is 104 Å². The Labute approximate surface area is 110 Å². The number of aryl methyl sites for hydroxylation is 1. The average Bonchev–Trinajstić information content (AvgIpc) is 2.35. The number of primary amides is 1. The highest BCUT2D eigenvalue weighted by Gasteiger charge is 2.13. The Morgan fingerprint density at radius 1 is 1.21 bits per heavy atom. The van der Waals surface area contributed by atoms with E-state index in [1.54, 1.807) is 38.1 Å². The van der Waals surface area contributed by atoms with Crippen LogP contribution in [0.2, 0.25) is 0 Å². The van der Waals surface area contributed by atoms with E-state index in [0.29, 0.717) is 28.8 Å². The van der Waals surface area contributed by atoms with Crippen LogP contribution in [0.3, 0.4) is 0 Å². The zero-order valence-corrected chi connectivity index (χ0v) is 10.7. The van der Waals surface area contributed by atoms with Gasteiger partial charge in [-0.1, -0.05) is 12.1 Å². The van der Waals surface area contributed by atoms with Crippen LogP contribution in [0.4, 0.5) is 5.82 Å². The van der Waals surface area contributed by atoms with Gasteiger partial charge in [0, 0.05) is 0 Å². The first-order valence-corrected chi connectivity index (χ1v) is 5.66. The van der Waals surface area contributed by atoms with Crippen LogP contribution in [0.5, 0.6) is 11.6 Å². The van der Waals surface area contributed by atoms with Crippen LogP contribution < -0.4 is 16.2 Å². The number of hydrogen-bond donors (Lipinski definition) is 2. The number of amides is 1. The van der Waals surface area contributed by atoms with Crippen LogP contribution >= 0.6 is 0 Å². The maximum atomic E-state index is 11.3. The van der Waals surface area contributed by atoms with E-state index >= 15 is 0 Å². The van der Waals surface area contributed by atoms with Crippen molar-refractivity contribution in [1.29, 1.82) is 0 Å². The molecule has 0 aliphatic carbocycles. The first-order chi connectivity index (χ1) is 8.99. The third-order valence-electron chi connectivity index (χ3n) is 2.61. The summed E-state index contributed by atoms with van der Waals surface area (Å²) < 4.78 is 5.63. The van der Waals surface area contributed by atoms with Crippen molar-refractivity contribution in [3.63, 3.8) is 0 Å². The number of carbonyl (C=O) groups excluding carboxylic acids is 1. The summed E-state index contributed by atoms with van der Waals surface area (Å²) in [4.78, 5) is 19.5. The van der Waals surface area contributed by atoms with Gasteiger partial charge < -0.3 is 16.2 Å². The Morgan fingerprint density at radius 3 is 2.58 bits per heavy atom. The van der Waals surface area contributed by atoms with E-state index in [1.807, 2.05) is 0 Å². The Kier molecular flexibility index (Phi) is 3.33. The summed E-state index contributed by atoms with van der Waals surface area (Å²) in [6.45, 7) is 3.46. The van der Waals surface area contributed by atoms with E-state index in [9.17, 15) is 4.79 Å². The van der Waals surface area contributed by atoms with Gasteiger partial charge in [0.25, 0.3) is 5.91 Å². The molecular weight excluding hydrogens is 244 g/mol. The summed E-state index contributed by atoms with van der Waals surface area (Å²) in [5.41, 5.74) is 11.9. The smallest absolute Gasteiger partial charge is 0.252 e. The fourth-order valence-corrected chi connectivity index (χ4v) is 1.59. The molecule has 0 aliphatic heterocycles. The zero-order valence-electron chi connectivity index (χ0n) is 10.7. The van der Waals surface area contributed by atoms with Crippen molar-refractivity contribution >= 4 is 11.7 Å². The highest BCUT2D eigenvalue weighted by atomic mass is 16.5. The molecule has 6 nitrogen and oxygen atoms in total. The highest BCUT2D eigenvalue weighted by Crippen LogP contribution is 2.27. The monoisotopic (exact) mass is 258 g/mol. The molecule has 19 heavy (non-hydrogen) atoms. The third-order valence-corrected chi connectivity index (χ3v) is 2.61. The van der Waals surface area contributed by atoms with Gasteiger partial charge in [-0.05, 0) is 26.0 Å². The standard InChI is InChI=1S/C13H14N4O2/c1-7-11(14)16-8(2)17-13(7)19-10-6-4-3-5-9(10)12(15)18/h3-6H,1-2H3,(H2,15,18)(H2,14,16,17). The highest BCUT2D eigenvalue weighted by molar-refractivity contribution is 5.95. The number of aromatic nitrogens is 2. The van der Waals surface area contributed by atoms with Crippen LogP contribution in [0.25, 0.3) is 0 Å². The van der Waals surface area contributed by atoms with Gasteiger partial charge in [-0.25, -0.2) is 4.98 Å². The first-order valence-electron chi connectivity index (χ1n) is 5.66. The molecule has 98 valence electrons. The van der Waals surface area contributed by atoms with Crippen molar-refractivity contribution in [2.45, 2.75) is 13.8 Å². The average molecular weight is 258 g/mol. The second kappa shape index (κ2) is 4.93. The van der Waals surface area contributed by atoms with Gasteiger partial charge in [-0.3, -0.25) is 4.79 Å². The third kappa shape index (κ3) is 2.62. The predicted octanol–water partition coefficient (Wildman–Crippen LogP) is 1.57. The van der Waals surface area contributed by atoms with Crippen LogP contribution in [0.1, 0.15) is 21.7 Å². The van der Waals surface area contributed by atoms with Gasteiger partial charge in [-0.15, -0.1) is 0 Å². The fraction of sp³-hybridized carbons (Fsp3) is 0.154. The molecule has 1 amide bonds. The molecule has 6 heteroatoms. The summed E-state index contributed by atoms with van der Waals surface area (Å²) in [6, 6.07) is 6.69. The summed E-state index contributed by atoms with van der Waals surface area (Å²) in [5, 5.41) is 0. The molecule has 0 fully saturated rings. The molecule has 0 unspecified atom stereocenters. The van der Waals surface area contributed by atoms with Gasteiger partial charge in [0.05, 0.1) is 11.1 Å². The van der Waals surface area contributed by atoms with Crippen LogP contribution in [-0.4, -0.2) is 15.9 Å². The molecule has 0 saturated heterocycles. The number of nitrogens with two attached hydrogens (primary N) is 2. The van der Waals surface area contributed by atoms with E-state index < -0.39 is 5.91 Å². The van der Waals surface area contributed by atoms with Crippen molar-refractivity contribution in [2.75, 3.05) is 5.73 Å². The number of para-hydroxylation sites is 1. The number of benzene rings is 1. The quantitative estimate of drug-likeness (QED) is 0.869. The molecule has 0 spiro atoms. The summed E-state index contributed by atoms with van der Waals surface area (Å²) in [6.07, 6.45) is 0. The molecule has 0 aliphatic rings. The molecule has 0 atom stereocenters. The zero-order chi connectivity index (χ0) is 14.0. The van der Waals surface area contributed by atoms with Gasteiger partial charge in [0.1, 0.15) is 17.4 Å². The van der Waals surface area contributed by atoms with Gasteiger partial charge in [0.2, 0.25) is 5.88 Å². The number of carbonyl (C=O) groups is 1. The lowest BCUT2D eigenvalue weighted by Gasteiger charge is -2.11. The molecular formula is C13H14N4O2. The fourth-order valence-electron chi connectivity index (χ4n) is 1.59. The number of nitrogen functional groups attached to an aromatic ring is 1. The molecule has 1 heterocycles. The number of hydrogen-bond acceptors (Lipinski definition) is 5. The number of anilines is 1. The molecule has 1 aromatic carbocycles. The van der Waals surface area contributed by atoms with Crippen LogP contribution in [0.15, 0.2) is 24.3 Å². The van der Waals surface area contributed by atoms with Crippen molar-refractivity contribution in [3.8, 4) is 11.6 Å². The van der Waals surface area contributed by atoms with Crippen molar-refractivity contribution in [3.05, 3.63) is 41.2 Å².